The zero-order valence-electron chi connectivity index (χ0n) is 12.4. The van der Waals surface area contributed by atoms with Gasteiger partial charge in [0.25, 0.3) is 0 Å². The maximum Gasteiger partial charge on any atom is 0.412 e. The Morgan fingerprint density at radius 2 is 1.58 bits per heavy atom. The molecule has 2 aromatic rings. The molecule has 2 aromatic carbocycles. The van der Waals surface area contributed by atoms with Gasteiger partial charge in [-0.15, -0.1) is 0 Å². The highest BCUT2D eigenvalue weighted by Gasteiger charge is 2.41. The Bertz CT molecular complexity index is 926. The van der Waals surface area contributed by atoms with Crippen LogP contribution in [0.25, 0.3) is 0 Å². The van der Waals surface area contributed by atoms with Gasteiger partial charge in [-0.25, -0.2) is 26.7 Å². The average Bonchev–Trinajstić information content (AvgIpc) is 2.48. The van der Waals surface area contributed by atoms with E-state index in [9.17, 15) is 34.8 Å². The second-order valence-electron chi connectivity index (χ2n) is 5.11. The zero-order chi connectivity index (χ0) is 19.9. The molecule has 3 N–H and O–H groups in total. The number of hydrogen-bond acceptors (Lipinski definition) is 3. The Hall–Kier alpha value is -1.98. The van der Waals surface area contributed by atoms with E-state index in [0.29, 0.717) is 18.2 Å². The van der Waals surface area contributed by atoms with Gasteiger partial charge in [0.15, 0.2) is 17.5 Å². The van der Waals surface area contributed by atoms with Crippen molar-refractivity contribution in [1.82, 2.24) is 0 Å². The van der Waals surface area contributed by atoms with Crippen molar-refractivity contribution in [3.05, 3.63) is 58.4 Å². The van der Waals surface area contributed by atoms with Crippen LogP contribution in [0.3, 0.4) is 0 Å². The van der Waals surface area contributed by atoms with Gasteiger partial charge in [0, 0.05) is 17.8 Å². The molecule has 0 saturated heterocycles. The molecule has 26 heavy (non-hydrogen) atoms. The van der Waals surface area contributed by atoms with Crippen molar-refractivity contribution in [1.29, 1.82) is 0 Å². The van der Waals surface area contributed by atoms with Gasteiger partial charge in [-0.05, 0) is 17.7 Å². The lowest BCUT2D eigenvalue weighted by molar-refractivity contribution is -0.144. The van der Waals surface area contributed by atoms with E-state index in [-0.39, 0.29) is 0 Å². The number of benzene rings is 2. The molecule has 0 fully saturated rings. The van der Waals surface area contributed by atoms with E-state index in [2.05, 4.69) is 0 Å². The molecule has 0 amide bonds. The predicted octanol–water partition coefficient (Wildman–Crippen LogP) is 4.12. The first-order valence-electron chi connectivity index (χ1n) is 6.60. The first-order valence-corrected chi connectivity index (χ1v) is 8.53. The van der Waals surface area contributed by atoms with Crippen molar-refractivity contribution in [3.8, 4) is 0 Å². The van der Waals surface area contributed by atoms with Gasteiger partial charge in [-0.1, -0.05) is 17.7 Å². The summed E-state index contributed by atoms with van der Waals surface area (Å²) < 4.78 is 102. The minimum atomic E-state index is -5.01. The van der Waals surface area contributed by atoms with Gasteiger partial charge in [0.2, 0.25) is 10.0 Å². The molecule has 1 atom stereocenters. The number of alkyl halides is 3. The molecule has 0 aromatic heterocycles. The van der Waals surface area contributed by atoms with Gasteiger partial charge in [0.1, 0.15) is 10.9 Å². The summed E-state index contributed by atoms with van der Waals surface area (Å²) in [4.78, 5) is -0.760. The molecule has 142 valence electrons. The first-order chi connectivity index (χ1) is 11.8. The van der Waals surface area contributed by atoms with Crippen LogP contribution >= 0.6 is 11.6 Å². The number of halogens is 7. The maximum atomic E-state index is 13.4. The summed E-state index contributed by atoms with van der Waals surface area (Å²) >= 11 is 5.62. The summed E-state index contributed by atoms with van der Waals surface area (Å²) in [6.07, 6.45) is -5.01. The zero-order valence-corrected chi connectivity index (χ0v) is 14.0. The van der Waals surface area contributed by atoms with Crippen molar-refractivity contribution >= 4 is 27.3 Å². The van der Waals surface area contributed by atoms with Crippen LogP contribution in [0, 0.1) is 17.5 Å². The van der Waals surface area contributed by atoms with Crippen molar-refractivity contribution in [2.45, 2.75) is 17.1 Å². The van der Waals surface area contributed by atoms with Crippen LogP contribution in [0.5, 0.6) is 0 Å². The number of primary sulfonamides is 1. The monoisotopic (exact) mass is 418 g/mol. The van der Waals surface area contributed by atoms with Crippen LogP contribution in [0.2, 0.25) is 5.02 Å². The third kappa shape index (κ3) is 4.40. The lowest BCUT2D eigenvalue weighted by Crippen LogP contribution is -2.28. The van der Waals surface area contributed by atoms with Crippen molar-refractivity contribution in [2.24, 2.45) is 5.14 Å². The summed E-state index contributed by atoms with van der Waals surface area (Å²) in [6.45, 7) is 0. The van der Waals surface area contributed by atoms with Gasteiger partial charge >= 0.3 is 6.18 Å². The number of hydrogen-bond donors (Lipinski definition) is 2. The fourth-order valence-corrected chi connectivity index (χ4v) is 3.16. The van der Waals surface area contributed by atoms with Gasteiger partial charge < -0.3 is 5.32 Å². The van der Waals surface area contributed by atoms with Gasteiger partial charge in [-0.2, -0.15) is 13.2 Å². The standard InChI is InChI=1S/C14H9ClF6N2O2S/c15-8-2-1-6(3-11(8)26(22,24)25)13(14(19,20)21)23-7-4-9(16)12(18)10(17)5-7/h1-5,13,23H,(H2,22,24,25). The van der Waals surface area contributed by atoms with E-state index < -0.39 is 60.9 Å². The highest BCUT2D eigenvalue weighted by atomic mass is 35.5. The molecular weight excluding hydrogens is 410 g/mol. The fourth-order valence-electron chi connectivity index (χ4n) is 2.08. The molecule has 0 saturated carbocycles. The normalized spacial score (nSPS) is 13.5. The third-order valence-electron chi connectivity index (χ3n) is 3.22. The van der Waals surface area contributed by atoms with Crippen molar-refractivity contribution < 1.29 is 34.8 Å². The maximum absolute atomic E-state index is 13.4. The van der Waals surface area contributed by atoms with E-state index in [4.69, 9.17) is 16.7 Å². The fraction of sp³-hybridized carbons (Fsp3) is 0.143. The largest absolute Gasteiger partial charge is 0.412 e. The predicted molar refractivity (Wildman–Crippen MR) is 81.6 cm³/mol. The number of anilines is 1. The second-order valence-corrected chi connectivity index (χ2v) is 7.04. The highest BCUT2D eigenvalue weighted by Crippen LogP contribution is 2.37. The van der Waals surface area contributed by atoms with E-state index >= 15 is 0 Å². The third-order valence-corrected chi connectivity index (χ3v) is 4.61. The molecule has 0 aliphatic rings. The molecule has 2 rings (SSSR count). The Morgan fingerprint density at radius 1 is 1.04 bits per heavy atom. The average molecular weight is 419 g/mol. The summed E-state index contributed by atoms with van der Waals surface area (Å²) in [5.74, 6) is -5.24. The van der Waals surface area contributed by atoms with Crippen molar-refractivity contribution in [3.63, 3.8) is 0 Å². The number of nitrogens with two attached hydrogens (primary N) is 1. The minimum absolute atomic E-state index is 0.327. The molecule has 0 bridgehead atoms. The van der Waals surface area contributed by atoms with Crippen LogP contribution < -0.4 is 10.5 Å². The second kappa shape index (κ2) is 6.97. The van der Waals surface area contributed by atoms with Crippen LogP contribution in [-0.4, -0.2) is 14.6 Å². The molecule has 0 radical (unpaired) electrons. The first kappa shape index (κ1) is 20.3. The van der Waals surface area contributed by atoms with Gasteiger partial charge in [0.05, 0.1) is 5.02 Å². The molecular formula is C14H9ClF6N2O2S. The number of sulfonamides is 1. The lowest BCUT2D eigenvalue weighted by atomic mass is 10.1. The number of rotatable bonds is 4. The molecule has 0 aliphatic carbocycles. The van der Waals surface area contributed by atoms with E-state index in [1.807, 2.05) is 0 Å². The van der Waals surface area contributed by atoms with Crippen LogP contribution in [0.4, 0.5) is 32.0 Å². The Labute approximate surface area is 148 Å². The van der Waals surface area contributed by atoms with E-state index in [1.165, 1.54) is 0 Å². The molecule has 0 aliphatic heterocycles. The highest BCUT2D eigenvalue weighted by molar-refractivity contribution is 7.89. The smallest absolute Gasteiger partial charge is 0.370 e. The van der Waals surface area contributed by atoms with Crippen LogP contribution in [0.15, 0.2) is 35.2 Å². The molecule has 4 nitrogen and oxygen atoms in total. The van der Waals surface area contributed by atoms with Gasteiger partial charge in [-0.3, -0.25) is 0 Å². The number of nitrogens with one attached hydrogen (secondary N) is 1. The van der Waals surface area contributed by atoms with E-state index in [0.717, 1.165) is 12.1 Å². The lowest BCUT2D eigenvalue weighted by Gasteiger charge is -2.24. The quantitative estimate of drug-likeness (QED) is 0.579. The molecule has 12 heteroatoms. The molecule has 0 heterocycles. The SMILES string of the molecule is NS(=O)(=O)c1cc(C(Nc2cc(F)c(F)c(F)c2)C(F)(F)F)ccc1Cl. The molecule has 0 spiro atoms. The van der Waals surface area contributed by atoms with Crippen LogP contribution in [-0.2, 0) is 10.0 Å². The Morgan fingerprint density at radius 3 is 2.04 bits per heavy atom. The summed E-state index contributed by atoms with van der Waals surface area (Å²) in [5.41, 5.74) is -1.35. The van der Waals surface area contributed by atoms with E-state index in [1.54, 1.807) is 5.32 Å². The van der Waals surface area contributed by atoms with Crippen molar-refractivity contribution in [2.75, 3.05) is 5.32 Å². The minimum Gasteiger partial charge on any atom is -0.370 e. The summed E-state index contributed by atoms with van der Waals surface area (Å²) in [5, 5.41) is 6.28. The molecule has 1 unspecified atom stereocenters. The summed E-state index contributed by atoms with van der Waals surface area (Å²) in [6, 6.07) is 0.395. The van der Waals surface area contributed by atoms with Crippen LogP contribution in [0.1, 0.15) is 11.6 Å². The Balaban J connectivity index is 2.54. The Kier molecular flexibility index (Phi) is 5.45. The topological polar surface area (TPSA) is 72.2 Å². The summed E-state index contributed by atoms with van der Waals surface area (Å²) in [7, 11) is -4.42.